The fourth-order valence-electron chi connectivity index (χ4n) is 1.68. The summed E-state index contributed by atoms with van der Waals surface area (Å²) in [4.78, 5) is 11.0. The van der Waals surface area contributed by atoms with E-state index >= 15 is 0 Å². The van der Waals surface area contributed by atoms with Crippen molar-refractivity contribution in [2.75, 3.05) is 0 Å². The van der Waals surface area contributed by atoms with Crippen LogP contribution in [0.5, 0.6) is 5.75 Å². The molecular weight excluding hydrogens is 368 g/mol. The summed E-state index contributed by atoms with van der Waals surface area (Å²) in [5.41, 5.74) is 1.98. The van der Waals surface area contributed by atoms with E-state index in [2.05, 4.69) is 15.9 Å². The molecule has 2 aromatic rings. The standard InChI is InChI=1S/C16H13BrO4S/c1-12-2-4-13(5-3-12)8-9-22(19,20)21-16-7-6-15(17)10-14(16)11-18/h2-11H,1H3/b9-8+. The summed E-state index contributed by atoms with van der Waals surface area (Å²) in [5, 5.41) is 0.967. The Morgan fingerprint density at radius 1 is 1.09 bits per heavy atom. The topological polar surface area (TPSA) is 60.4 Å². The lowest BCUT2D eigenvalue weighted by molar-refractivity contribution is 0.112. The van der Waals surface area contributed by atoms with Gasteiger partial charge in [-0.05, 0) is 36.8 Å². The fraction of sp³-hybridized carbons (Fsp3) is 0.0625. The van der Waals surface area contributed by atoms with Gasteiger partial charge in [0.25, 0.3) is 0 Å². The van der Waals surface area contributed by atoms with Crippen LogP contribution < -0.4 is 4.18 Å². The van der Waals surface area contributed by atoms with Crippen molar-refractivity contribution in [1.29, 1.82) is 0 Å². The van der Waals surface area contributed by atoms with Gasteiger partial charge in [-0.3, -0.25) is 4.79 Å². The zero-order valence-corrected chi connectivity index (χ0v) is 14.1. The Kier molecular flexibility index (Phi) is 5.15. The first-order valence-electron chi connectivity index (χ1n) is 6.33. The monoisotopic (exact) mass is 380 g/mol. The number of carbonyl (C=O) groups is 1. The van der Waals surface area contributed by atoms with Gasteiger partial charge in [0.1, 0.15) is 0 Å². The van der Waals surface area contributed by atoms with Gasteiger partial charge in [0.05, 0.1) is 11.0 Å². The van der Waals surface area contributed by atoms with Crippen molar-refractivity contribution in [3.8, 4) is 5.75 Å². The number of carbonyl (C=O) groups excluding carboxylic acids is 1. The summed E-state index contributed by atoms with van der Waals surface area (Å²) in [7, 11) is -3.94. The van der Waals surface area contributed by atoms with Gasteiger partial charge in [0.2, 0.25) is 0 Å². The SMILES string of the molecule is Cc1ccc(/C=C/S(=O)(=O)Oc2ccc(Br)cc2C=O)cc1. The molecule has 0 atom stereocenters. The Morgan fingerprint density at radius 3 is 2.41 bits per heavy atom. The minimum absolute atomic E-state index is 0.00763. The van der Waals surface area contributed by atoms with E-state index in [9.17, 15) is 13.2 Å². The lowest BCUT2D eigenvalue weighted by Gasteiger charge is -2.06. The highest BCUT2D eigenvalue weighted by molar-refractivity contribution is 9.10. The van der Waals surface area contributed by atoms with Crippen LogP contribution in [0, 0.1) is 6.92 Å². The summed E-state index contributed by atoms with van der Waals surface area (Å²) in [5.74, 6) is -0.00763. The molecule has 0 aliphatic rings. The van der Waals surface area contributed by atoms with Gasteiger partial charge >= 0.3 is 10.1 Å². The lowest BCUT2D eigenvalue weighted by atomic mass is 10.2. The molecule has 0 amide bonds. The van der Waals surface area contributed by atoms with Crippen LogP contribution in [0.4, 0.5) is 0 Å². The van der Waals surface area contributed by atoms with Crippen LogP contribution in [-0.4, -0.2) is 14.7 Å². The summed E-state index contributed by atoms with van der Waals surface area (Å²) < 4.78 is 29.5. The maximum atomic E-state index is 12.0. The van der Waals surface area contributed by atoms with Gasteiger partial charge in [-0.25, -0.2) is 0 Å². The minimum Gasteiger partial charge on any atom is -0.379 e. The van der Waals surface area contributed by atoms with Crippen molar-refractivity contribution in [1.82, 2.24) is 0 Å². The molecule has 2 aromatic carbocycles. The third-order valence-corrected chi connectivity index (χ3v) is 4.18. The average Bonchev–Trinajstić information content (AvgIpc) is 2.48. The molecule has 114 valence electrons. The van der Waals surface area contributed by atoms with Crippen LogP contribution in [0.25, 0.3) is 6.08 Å². The molecule has 0 aromatic heterocycles. The zero-order valence-electron chi connectivity index (χ0n) is 11.7. The van der Waals surface area contributed by atoms with Gasteiger partial charge in [0.15, 0.2) is 12.0 Å². The molecule has 0 saturated carbocycles. The second kappa shape index (κ2) is 6.89. The third kappa shape index (κ3) is 4.54. The van der Waals surface area contributed by atoms with E-state index in [1.165, 1.54) is 18.2 Å². The molecule has 0 bridgehead atoms. The fourth-order valence-corrected chi connectivity index (χ4v) is 2.84. The third-order valence-electron chi connectivity index (χ3n) is 2.81. The number of rotatable bonds is 5. The molecule has 6 heteroatoms. The van der Waals surface area contributed by atoms with Gasteiger partial charge in [0, 0.05) is 4.47 Å². The summed E-state index contributed by atoms with van der Waals surface area (Å²) in [6, 6.07) is 11.9. The Balaban J connectivity index is 2.21. The van der Waals surface area contributed by atoms with Crippen molar-refractivity contribution in [2.45, 2.75) is 6.92 Å². The molecular formula is C16H13BrO4S. The van der Waals surface area contributed by atoms with Crippen LogP contribution in [0.1, 0.15) is 21.5 Å². The Morgan fingerprint density at radius 2 is 1.77 bits per heavy atom. The number of aryl methyl sites for hydroxylation is 1. The number of aldehydes is 1. The first kappa shape index (κ1) is 16.5. The summed E-state index contributed by atoms with van der Waals surface area (Å²) in [6.07, 6.45) is 1.98. The highest BCUT2D eigenvalue weighted by Crippen LogP contribution is 2.23. The molecule has 0 N–H and O–H groups in total. The minimum atomic E-state index is -3.94. The Bertz CT molecular complexity index is 809. The highest BCUT2D eigenvalue weighted by atomic mass is 79.9. The predicted molar refractivity (Wildman–Crippen MR) is 89.3 cm³/mol. The van der Waals surface area contributed by atoms with E-state index < -0.39 is 10.1 Å². The zero-order chi connectivity index (χ0) is 16.2. The van der Waals surface area contributed by atoms with E-state index in [1.807, 2.05) is 19.1 Å². The summed E-state index contributed by atoms with van der Waals surface area (Å²) in [6.45, 7) is 1.95. The molecule has 0 aliphatic heterocycles. The predicted octanol–water partition coefficient (Wildman–Crippen LogP) is 3.95. The lowest BCUT2D eigenvalue weighted by Crippen LogP contribution is -2.06. The highest BCUT2D eigenvalue weighted by Gasteiger charge is 2.12. The molecule has 4 nitrogen and oxygen atoms in total. The average molecular weight is 381 g/mol. The first-order chi connectivity index (χ1) is 10.4. The summed E-state index contributed by atoms with van der Waals surface area (Å²) >= 11 is 3.21. The molecule has 0 heterocycles. The van der Waals surface area contributed by atoms with E-state index in [1.54, 1.807) is 18.2 Å². The molecule has 0 aliphatic carbocycles. The van der Waals surface area contributed by atoms with Gasteiger partial charge in [-0.1, -0.05) is 45.8 Å². The maximum Gasteiger partial charge on any atom is 0.332 e. The van der Waals surface area contributed by atoms with E-state index in [4.69, 9.17) is 4.18 Å². The first-order valence-corrected chi connectivity index (χ1v) is 8.60. The van der Waals surface area contributed by atoms with Crippen molar-refractivity contribution in [3.05, 3.63) is 69.0 Å². The molecule has 0 spiro atoms. The quantitative estimate of drug-likeness (QED) is 0.581. The number of benzene rings is 2. The van der Waals surface area contributed by atoms with Crippen LogP contribution >= 0.6 is 15.9 Å². The molecule has 2 rings (SSSR count). The normalized spacial score (nSPS) is 11.5. The molecule has 0 fully saturated rings. The maximum absolute atomic E-state index is 12.0. The smallest absolute Gasteiger partial charge is 0.332 e. The van der Waals surface area contributed by atoms with Gasteiger partial charge < -0.3 is 4.18 Å². The molecule has 22 heavy (non-hydrogen) atoms. The van der Waals surface area contributed by atoms with Crippen LogP contribution in [0.3, 0.4) is 0 Å². The van der Waals surface area contributed by atoms with Crippen LogP contribution in [0.2, 0.25) is 0 Å². The van der Waals surface area contributed by atoms with Crippen molar-refractivity contribution < 1.29 is 17.4 Å². The van der Waals surface area contributed by atoms with Crippen molar-refractivity contribution in [3.63, 3.8) is 0 Å². The van der Waals surface area contributed by atoms with Crippen LogP contribution in [0.15, 0.2) is 52.3 Å². The van der Waals surface area contributed by atoms with Crippen molar-refractivity contribution in [2.24, 2.45) is 0 Å². The Hall–Kier alpha value is -1.92. The largest absolute Gasteiger partial charge is 0.379 e. The number of hydrogen-bond donors (Lipinski definition) is 0. The van der Waals surface area contributed by atoms with Gasteiger partial charge in [-0.2, -0.15) is 8.42 Å². The van der Waals surface area contributed by atoms with Crippen molar-refractivity contribution >= 4 is 38.4 Å². The molecule has 0 radical (unpaired) electrons. The van der Waals surface area contributed by atoms with Crippen LogP contribution in [-0.2, 0) is 10.1 Å². The Labute approximate surface area is 137 Å². The van der Waals surface area contributed by atoms with E-state index in [0.717, 1.165) is 16.5 Å². The molecule has 0 saturated heterocycles. The number of hydrogen-bond acceptors (Lipinski definition) is 4. The number of halogens is 1. The van der Waals surface area contributed by atoms with Gasteiger partial charge in [-0.15, -0.1) is 0 Å². The second-order valence-corrected chi connectivity index (χ2v) is 6.93. The second-order valence-electron chi connectivity index (χ2n) is 4.59. The van der Waals surface area contributed by atoms with E-state index in [-0.39, 0.29) is 11.3 Å². The molecule has 0 unspecified atom stereocenters. The van der Waals surface area contributed by atoms with E-state index in [0.29, 0.717) is 10.8 Å².